The Bertz CT molecular complexity index is 1010. The fourth-order valence-corrected chi connectivity index (χ4v) is 4.41. The normalized spacial score (nSPS) is 20.0. The second kappa shape index (κ2) is 9.61. The van der Waals surface area contributed by atoms with Gasteiger partial charge in [0.25, 0.3) is 5.91 Å². The first-order valence-electron chi connectivity index (χ1n) is 11.3. The Morgan fingerprint density at radius 2 is 1.84 bits per heavy atom. The maximum Gasteiger partial charge on any atom is 0.291 e. The molecule has 7 nitrogen and oxygen atoms in total. The molecule has 1 unspecified atom stereocenters. The van der Waals surface area contributed by atoms with Crippen LogP contribution in [0.1, 0.15) is 42.5 Å². The van der Waals surface area contributed by atoms with E-state index in [0.717, 1.165) is 64.2 Å². The van der Waals surface area contributed by atoms with E-state index in [4.69, 9.17) is 9.68 Å². The number of hydrogen-bond donors (Lipinski definition) is 1. The molecule has 3 heterocycles. The highest BCUT2D eigenvalue weighted by Gasteiger charge is 2.24. The van der Waals surface area contributed by atoms with Crippen LogP contribution < -0.4 is 15.1 Å². The van der Waals surface area contributed by atoms with Gasteiger partial charge in [-0.2, -0.15) is 5.26 Å². The predicted octanol–water partition coefficient (Wildman–Crippen LogP) is 3.92. The third-order valence-corrected chi connectivity index (χ3v) is 6.45. The molecule has 170 valence electrons. The molecule has 0 bridgehead atoms. The first-order valence-corrected chi connectivity index (χ1v) is 11.3. The molecule has 8 heteroatoms. The Morgan fingerprint density at radius 3 is 2.56 bits per heavy atom. The van der Waals surface area contributed by atoms with E-state index in [-0.39, 0.29) is 17.3 Å². The maximum atomic E-state index is 15.2. The van der Waals surface area contributed by atoms with E-state index in [9.17, 15) is 4.79 Å². The fraction of sp³-hybridized carbons (Fsp3) is 0.500. The van der Waals surface area contributed by atoms with Crippen molar-refractivity contribution in [3.05, 3.63) is 41.6 Å². The number of benzene rings is 1. The Hall–Kier alpha value is -3.05. The fourth-order valence-electron chi connectivity index (χ4n) is 4.41. The summed E-state index contributed by atoms with van der Waals surface area (Å²) in [6.07, 6.45) is 3.27. The number of furan rings is 1. The lowest BCUT2D eigenvalue weighted by Crippen LogP contribution is -2.44. The first-order chi connectivity index (χ1) is 15.4. The Labute approximate surface area is 188 Å². The van der Waals surface area contributed by atoms with Crippen molar-refractivity contribution in [3.63, 3.8) is 0 Å². The average molecular weight is 440 g/mol. The molecule has 1 amide bonds. The quantitative estimate of drug-likeness (QED) is 0.778. The number of carbonyl (C=O) groups excluding carboxylic acids is 1. The highest BCUT2D eigenvalue weighted by atomic mass is 19.1. The van der Waals surface area contributed by atoms with Crippen LogP contribution in [-0.2, 0) is 0 Å². The lowest BCUT2D eigenvalue weighted by atomic mass is 10.0. The van der Waals surface area contributed by atoms with Crippen LogP contribution in [0.2, 0.25) is 0 Å². The van der Waals surface area contributed by atoms with Gasteiger partial charge in [0.15, 0.2) is 5.76 Å². The van der Waals surface area contributed by atoms with Gasteiger partial charge in [0, 0.05) is 45.3 Å². The van der Waals surface area contributed by atoms with Gasteiger partial charge >= 0.3 is 0 Å². The second-order valence-electron chi connectivity index (χ2n) is 8.86. The van der Waals surface area contributed by atoms with Crippen molar-refractivity contribution in [3.8, 4) is 6.07 Å². The number of nitrogens with zero attached hydrogens (tertiary/aromatic N) is 4. The molecule has 1 aromatic heterocycles. The van der Waals surface area contributed by atoms with E-state index >= 15 is 4.39 Å². The number of nitrogens with one attached hydrogen (secondary N) is 1. The molecule has 2 aliphatic rings. The number of piperazine rings is 1. The summed E-state index contributed by atoms with van der Waals surface area (Å²) in [5.74, 6) is -0.117. The van der Waals surface area contributed by atoms with E-state index in [1.54, 1.807) is 0 Å². The summed E-state index contributed by atoms with van der Waals surface area (Å²) in [6, 6.07) is 8.08. The number of hydrogen-bond acceptors (Lipinski definition) is 6. The molecule has 0 radical (unpaired) electrons. The molecule has 1 atom stereocenters. The molecule has 2 fully saturated rings. The van der Waals surface area contributed by atoms with Gasteiger partial charge < -0.3 is 24.4 Å². The number of carbonyl (C=O) groups is 1. The van der Waals surface area contributed by atoms with Gasteiger partial charge in [-0.15, -0.1) is 0 Å². The second-order valence-corrected chi connectivity index (χ2v) is 8.86. The van der Waals surface area contributed by atoms with Gasteiger partial charge in [-0.3, -0.25) is 4.79 Å². The van der Waals surface area contributed by atoms with Crippen LogP contribution in [0.5, 0.6) is 0 Å². The standard InChI is InChI=1S/C24H30FN5O2/c1-17-4-3-8-29(9-7-17)22-15-21(30-12-10-28(2)11-13-30)19(25)14-20(22)27-24(31)23-6-5-18(16-26)32-23/h5-6,14-15,17H,3-4,7-13H2,1-2H3,(H,27,31). The van der Waals surface area contributed by atoms with Crippen LogP contribution in [0, 0.1) is 23.1 Å². The number of anilines is 3. The van der Waals surface area contributed by atoms with Gasteiger partial charge in [0.05, 0.1) is 17.1 Å². The van der Waals surface area contributed by atoms with Crippen molar-refractivity contribution in [2.45, 2.75) is 26.2 Å². The molecule has 4 rings (SSSR count). The smallest absolute Gasteiger partial charge is 0.291 e. The van der Waals surface area contributed by atoms with E-state index in [1.807, 2.05) is 12.1 Å². The van der Waals surface area contributed by atoms with Crippen LogP contribution in [0.4, 0.5) is 21.5 Å². The summed E-state index contributed by atoms with van der Waals surface area (Å²) < 4.78 is 20.5. The zero-order chi connectivity index (χ0) is 22.7. The molecule has 1 aromatic carbocycles. The zero-order valence-corrected chi connectivity index (χ0v) is 18.7. The lowest BCUT2D eigenvalue weighted by molar-refractivity contribution is 0.0996. The number of halogens is 1. The topological polar surface area (TPSA) is 75.8 Å². The van der Waals surface area contributed by atoms with Gasteiger partial charge in [-0.05, 0) is 50.4 Å². The molecule has 0 aliphatic carbocycles. The molecule has 2 aliphatic heterocycles. The van der Waals surface area contributed by atoms with E-state index in [1.165, 1.54) is 18.2 Å². The van der Waals surface area contributed by atoms with Crippen LogP contribution in [-0.4, -0.2) is 57.1 Å². The summed E-state index contributed by atoms with van der Waals surface area (Å²) in [5.41, 5.74) is 1.83. The minimum absolute atomic E-state index is 0.0283. The highest BCUT2D eigenvalue weighted by Crippen LogP contribution is 2.36. The molecule has 2 aromatic rings. The largest absolute Gasteiger partial charge is 0.440 e. The van der Waals surface area contributed by atoms with Gasteiger partial charge in [-0.1, -0.05) is 6.92 Å². The highest BCUT2D eigenvalue weighted by molar-refractivity contribution is 6.04. The van der Waals surface area contributed by atoms with Crippen molar-refractivity contribution < 1.29 is 13.6 Å². The summed E-state index contributed by atoms with van der Waals surface area (Å²) >= 11 is 0. The van der Waals surface area contributed by atoms with Crippen LogP contribution in [0.25, 0.3) is 0 Å². The summed E-state index contributed by atoms with van der Waals surface area (Å²) in [6.45, 7) is 7.27. The number of amides is 1. The van der Waals surface area contributed by atoms with Crippen molar-refractivity contribution in [1.82, 2.24) is 4.90 Å². The third-order valence-electron chi connectivity index (χ3n) is 6.45. The lowest BCUT2D eigenvalue weighted by Gasteiger charge is -2.35. The number of nitriles is 1. The Balaban J connectivity index is 1.66. The van der Waals surface area contributed by atoms with Gasteiger partial charge in [0.1, 0.15) is 11.9 Å². The Kier molecular flexibility index (Phi) is 6.66. The summed E-state index contributed by atoms with van der Waals surface area (Å²) in [5, 5.41) is 11.8. The predicted molar refractivity (Wildman–Crippen MR) is 123 cm³/mol. The van der Waals surface area contributed by atoms with Gasteiger partial charge in [-0.25, -0.2) is 4.39 Å². The van der Waals surface area contributed by atoms with E-state index in [0.29, 0.717) is 17.3 Å². The van der Waals surface area contributed by atoms with Crippen molar-refractivity contribution in [1.29, 1.82) is 5.26 Å². The van der Waals surface area contributed by atoms with Crippen LogP contribution >= 0.6 is 0 Å². The van der Waals surface area contributed by atoms with Crippen molar-refractivity contribution in [2.24, 2.45) is 5.92 Å². The molecule has 32 heavy (non-hydrogen) atoms. The molecular formula is C24H30FN5O2. The molecule has 1 N–H and O–H groups in total. The SMILES string of the molecule is CC1CCCN(c2cc(N3CCN(C)CC3)c(F)cc2NC(=O)c2ccc(C#N)o2)CC1. The maximum absolute atomic E-state index is 15.2. The van der Waals surface area contributed by atoms with E-state index < -0.39 is 5.91 Å². The Morgan fingerprint density at radius 1 is 1.09 bits per heavy atom. The molecule has 2 saturated heterocycles. The van der Waals surface area contributed by atoms with Crippen molar-refractivity contribution in [2.75, 3.05) is 61.4 Å². The van der Waals surface area contributed by atoms with E-state index in [2.05, 4.69) is 34.0 Å². The monoisotopic (exact) mass is 439 g/mol. The third kappa shape index (κ3) is 4.89. The number of likely N-dealkylation sites (N-methyl/N-ethyl adjacent to an activating group) is 1. The minimum Gasteiger partial charge on any atom is -0.440 e. The van der Waals surface area contributed by atoms with Crippen molar-refractivity contribution >= 4 is 23.0 Å². The first kappa shape index (κ1) is 22.2. The summed E-state index contributed by atoms with van der Waals surface area (Å²) in [4.78, 5) is 19.3. The summed E-state index contributed by atoms with van der Waals surface area (Å²) in [7, 11) is 2.07. The number of rotatable bonds is 4. The molecule has 0 spiro atoms. The van der Waals surface area contributed by atoms with Crippen LogP contribution in [0.15, 0.2) is 28.7 Å². The minimum atomic E-state index is -0.498. The molecule has 0 saturated carbocycles. The van der Waals surface area contributed by atoms with Gasteiger partial charge in [0.2, 0.25) is 5.76 Å². The van der Waals surface area contributed by atoms with Crippen LogP contribution in [0.3, 0.4) is 0 Å². The molecular weight excluding hydrogens is 409 g/mol. The zero-order valence-electron chi connectivity index (χ0n) is 18.7. The average Bonchev–Trinajstić information content (AvgIpc) is 3.17.